The second kappa shape index (κ2) is 6.99. The lowest BCUT2D eigenvalue weighted by Gasteiger charge is -2.03. The van der Waals surface area contributed by atoms with E-state index in [1.54, 1.807) is 0 Å². The Morgan fingerprint density at radius 2 is 1.93 bits per heavy atom. The van der Waals surface area contributed by atoms with Gasteiger partial charge in [0.25, 0.3) is 0 Å². The number of nitrogens with zero attached hydrogens (tertiary/aromatic N) is 1. The van der Waals surface area contributed by atoms with Gasteiger partial charge in [-0.05, 0) is 43.9 Å². The summed E-state index contributed by atoms with van der Waals surface area (Å²) in [7, 11) is 0. The first-order chi connectivity index (χ1) is 7.06. The molecule has 0 saturated carbocycles. The van der Waals surface area contributed by atoms with Crippen LogP contribution in [0.1, 0.15) is 34.1 Å². The van der Waals surface area contributed by atoms with Crippen LogP contribution in [0.5, 0.6) is 0 Å². The van der Waals surface area contributed by atoms with E-state index >= 15 is 0 Å². The molecule has 0 heterocycles. The minimum Gasteiger partial charge on any atom is -0.261 e. The first-order valence-electron chi connectivity index (χ1n) is 5.25. The van der Waals surface area contributed by atoms with Crippen molar-refractivity contribution in [2.75, 3.05) is 0 Å². The highest BCUT2D eigenvalue weighted by Gasteiger charge is 1.97. The van der Waals surface area contributed by atoms with Crippen LogP contribution >= 0.6 is 0 Å². The Morgan fingerprint density at radius 3 is 2.27 bits per heavy atom. The molecule has 0 atom stereocenters. The largest absolute Gasteiger partial charge is 0.261 e. The van der Waals surface area contributed by atoms with E-state index in [1.165, 1.54) is 5.57 Å². The summed E-state index contributed by atoms with van der Waals surface area (Å²) < 4.78 is 0. The van der Waals surface area contributed by atoms with Crippen LogP contribution < -0.4 is 0 Å². The van der Waals surface area contributed by atoms with Gasteiger partial charge in [-0.15, -0.1) is 0 Å². The van der Waals surface area contributed by atoms with Crippen LogP contribution in [-0.4, -0.2) is 5.71 Å². The predicted octanol–water partition coefficient (Wildman–Crippen LogP) is 4.45. The highest BCUT2D eigenvalue weighted by Crippen LogP contribution is 2.15. The standard InChI is InChI=1S/C14H21N/c1-7-13(8-2)14(9-3)10-15-12(6)11(4)5/h7-8,10H,1,4,9H2,2-3,5-6H3/b13-8+,14-10+,15-12?. The normalized spacial score (nSPS) is 14.0. The summed E-state index contributed by atoms with van der Waals surface area (Å²) in [5, 5.41) is 0. The molecular weight excluding hydrogens is 182 g/mol. The number of allylic oxidation sites excluding steroid dienone is 5. The molecule has 15 heavy (non-hydrogen) atoms. The van der Waals surface area contributed by atoms with Gasteiger partial charge in [-0.2, -0.15) is 0 Å². The van der Waals surface area contributed by atoms with Crippen molar-refractivity contribution in [3.63, 3.8) is 0 Å². The second-order valence-electron chi connectivity index (χ2n) is 3.45. The van der Waals surface area contributed by atoms with E-state index in [-0.39, 0.29) is 0 Å². The van der Waals surface area contributed by atoms with E-state index in [2.05, 4.69) is 25.1 Å². The molecule has 0 spiro atoms. The monoisotopic (exact) mass is 203 g/mol. The van der Waals surface area contributed by atoms with Crippen molar-refractivity contribution in [3.05, 3.63) is 48.2 Å². The molecule has 0 amide bonds. The minimum atomic E-state index is 0.957. The Balaban J connectivity index is 4.99. The van der Waals surface area contributed by atoms with E-state index in [0.29, 0.717) is 0 Å². The molecule has 0 unspecified atom stereocenters. The molecule has 0 aromatic heterocycles. The molecule has 0 aliphatic rings. The van der Waals surface area contributed by atoms with Gasteiger partial charge in [-0.25, -0.2) is 0 Å². The molecule has 0 aromatic carbocycles. The van der Waals surface area contributed by atoms with Crippen molar-refractivity contribution >= 4 is 5.71 Å². The fourth-order valence-corrected chi connectivity index (χ4v) is 1.09. The van der Waals surface area contributed by atoms with Gasteiger partial charge in [0, 0.05) is 11.9 Å². The zero-order valence-corrected chi connectivity index (χ0v) is 10.3. The van der Waals surface area contributed by atoms with Crippen molar-refractivity contribution < 1.29 is 0 Å². The van der Waals surface area contributed by atoms with Crippen LogP contribution in [0.15, 0.2) is 53.2 Å². The molecule has 0 rings (SSSR count). The van der Waals surface area contributed by atoms with Crippen LogP contribution in [0.3, 0.4) is 0 Å². The number of hydrogen-bond donors (Lipinski definition) is 0. The average Bonchev–Trinajstić information content (AvgIpc) is 2.23. The summed E-state index contributed by atoms with van der Waals surface area (Å²) in [6.45, 7) is 15.7. The Kier molecular flexibility index (Phi) is 6.35. The minimum absolute atomic E-state index is 0.957. The smallest absolute Gasteiger partial charge is 0.0395 e. The summed E-state index contributed by atoms with van der Waals surface area (Å²) in [6, 6.07) is 0. The molecule has 1 nitrogen and oxygen atoms in total. The van der Waals surface area contributed by atoms with Crippen LogP contribution in [0, 0.1) is 0 Å². The lowest BCUT2D eigenvalue weighted by molar-refractivity contribution is 1.11. The van der Waals surface area contributed by atoms with Gasteiger partial charge in [0.2, 0.25) is 0 Å². The highest BCUT2D eigenvalue weighted by atomic mass is 14.7. The topological polar surface area (TPSA) is 12.4 Å². The SMILES string of the molecule is C=CC(=C\C)/C(=C/N=C(C)C(=C)C)CC. The quantitative estimate of drug-likeness (QED) is 0.462. The first kappa shape index (κ1) is 13.6. The summed E-state index contributed by atoms with van der Waals surface area (Å²) in [4.78, 5) is 4.38. The molecular formula is C14H21N. The van der Waals surface area contributed by atoms with Gasteiger partial charge in [0.1, 0.15) is 0 Å². The summed E-state index contributed by atoms with van der Waals surface area (Å²) in [6.07, 6.45) is 6.77. The molecule has 0 N–H and O–H groups in total. The molecule has 0 aromatic rings. The van der Waals surface area contributed by atoms with Crippen molar-refractivity contribution in [3.8, 4) is 0 Å². The molecule has 1 heteroatoms. The first-order valence-corrected chi connectivity index (χ1v) is 5.25. The predicted molar refractivity (Wildman–Crippen MR) is 70.3 cm³/mol. The molecule has 0 aliphatic carbocycles. The van der Waals surface area contributed by atoms with Gasteiger partial charge in [-0.1, -0.05) is 32.2 Å². The van der Waals surface area contributed by atoms with Crippen LogP contribution in [-0.2, 0) is 0 Å². The Hall–Kier alpha value is -1.37. The van der Waals surface area contributed by atoms with Crippen molar-refractivity contribution in [2.45, 2.75) is 34.1 Å². The third kappa shape index (κ3) is 4.59. The molecule has 82 valence electrons. The number of aliphatic imine (C=N–C) groups is 1. The van der Waals surface area contributed by atoms with Crippen LogP contribution in [0.2, 0.25) is 0 Å². The maximum absolute atomic E-state index is 4.38. The summed E-state index contributed by atoms with van der Waals surface area (Å²) in [5.41, 5.74) is 4.33. The van der Waals surface area contributed by atoms with Crippen molar-refractivity contribution in [1.82, 2.24) is 0 Å². The number of hydrogen-bond acceptors (Lipinski definition) is 1. The second-order valence-corrected chi connectivity index (χ2v) is 3.45. The van der Waals surface area contributed by atoms with E-state index in [0.717, 1.165) is 23.3 Å². The van der Waals surface area contributed by atoms with E-state index < -0.39 is 0 Å². The fourth-order valence-electron chi connectivity index (χ4n) is 1.09. The molecule has 0 aliphatic heterocycles. The Labute approximate surface area is 93.6 Å². The zero-order valence-electron chi connectivity index (χ0n) is 10.3. The van der Waals surface area contributed by atoms with Gasteiger partial charge in [-0.3, -0.25) is 4.99 Å². The fraction of sp³-hybridized carbons (Fsp3) is 0.357. The maximum Gasteiger partial charge on any atom is 0.0395 e. The lowest BCUT2D eigenvalue weighted by atomic mass is 10.1. The Bertz CT molecular complexity index is 327. The molecule has 0 radical (unpaired) electrons. The van der Waals surface area contributed by atoms with Crippen molar-refractivity contribution in [2.24, 2.45) is 4.99 Å². The molecule has 0 saturated heterocycles. The molecule has 0 bridgehead atoms. The van der Waals surface area contributed by atoms with Crippen LogP contribution in [0.4, 0.5) is 0 Å². The van der Waals surface area contributed by atoms with Gasteiger partial charge in [0.15, 0.2) is 0 Å². The third-order valence-corrected chi connectivity index (χ3v) is 2.31. The van der Waals surface area contributed by atoms with Gasteiger partial charge >= 0.3 is 0 Å². The summed E-state index contributed by atoms with van der Waals surface area (Å²) >= 11 is 0. The Morgan fingerprint density at radius 1 is 1.33 bits per heavy atom. The summed E-state index contributed by atoms with van der Waals surface area (Å²) in [5.74, 6) is 0. The van der Waals surface area contributed by atoms with Gasteiger partial charge in [0.05, 0.1) is 0 Å². The zero-order chi connectivity index (χ0) is 11.8. The average molecular weight is 203 g/mol. The van der Waals surface area contributed by atoms with Crippen molar-refractivity contribution in [1.29, 1.82) is 0 Å². The lowest BCUT2D eigenvalue weighted by Crippen LogP contribution is -1.91. The third-order valence-electron chi connectivity index (χ3n) is 2.31. The maximum atomic E-state index is 4.38. The number of rotatable bonds is 5. The molecule has 0 fully saturated rings. The van der Waals surface area contributed by atoms with Crippen LogP contribution in [0.25, 0.3) is 0 Å². The van der Waals surface area contributed by atoms with Gasteiger partial charge < -0.3 is 0 Å². The van der Waals surface area contributed by atoms with E-state index in [1.807, 2.05) is 39.1 Å². The van der Waals surface area contributed by atoms with E-state index in [4.69, 9.17) is 0 Å². The highest BCUT2D eigenvalue weighted by molar-refractivity contribution is 5.97. The van der Waals surface area contributed by atoms with E-state index in [9.17, 15) is 0 Å².